The summed E-state index contributed by atoms with van der Waals surface area (Å²) in [6.07, 6.45) is 0. The van der Waals surface area contributed by atoms with Gasteiger partial charge in [0.2, 0.25) is 5.88 Å². The fourth-order valence-electron chi connectivity index (χ4n) is 1.40. The lowest BCUT2D eigenvalue weighted by atomic mass is 10.1. The number of nitrogens with zero attached hydrogens (tertiary/aromatic N) is 1. The van der Waals surface area contributed by atoms with Crippen LogP contribution in [0.1, 0.15) is 0 Å². The second-order valence-electron chi connectivity index (χ2n) is 3.30. The summed E-state index contributed by atoms with van der Waals surface area (Å²) >= 11 is 0. The van der Waals surface area contributed by atoms with Gasteiger partial charge in [-0.15, -0.1) is 0 Å². The number of benzene rings is 1. The number of nitrogens with two attached hydrogens (primary N) is 1. The molecule has 0 fully saturated rings. The van der Waals surface area contributed by atoms with Gasteiger partial charge in [-0.3, -0.25) is 0 Å². The quantitative estimate of drug-likeness (QED) is 0.842. The Morgan fingerprint density at radius 1 is 1.12 bits per heavy atom. The van der Waals surface area contributed by atoms with E-state index in [4.69, 9.17) is 10.5 Å². The standard InChI is InChI=1S/C12H11FN2O/c1-16-12-10(14)6-7-11(15-12)8-2-4-9(13)5-3-8/h2-7H,14H2,1H3. The van der Waals surface area contributed by atoms with Crippen molar-refractivity contribution in [3.05, 3.63) is 42.2 Å². The van der Waals surface area contributed by atoms with Crippen molar-refractivity contribution >= 4 is 5.69 Å². The smallest absolute Gasteiger partial charge is 0.237 e. The van der Waals surface area contributed by atoms with Crippen molar-refractivity contribution in [2.75, 3.05) is 12.8 Å². The second kappa shape index (κ2) is 4.18. The maximum atomic E-state index is 12.7. The zero-order chi connectivity index (χ0) is 11.5. The Balaban J connectivity index is 2.44. The zero-order valence-corrected chi connectivity index (χ0v) is 8.77. The van der Waals surface area contributed by atoms with Crippen LogP contribution in [0.5, 0.6) is 5.88 Å². The van der Waals surface area contributed by atoms with Crippen molar-refractivity contribution in [2.45, 2.75) is 0 Å². The van der Waals surface area contributed by atoms with Gasteiger partial charge in [-0.2, -0.15) is 0 Å². The molecule has 16 heavy (non-hydrogen) atoms. The second-order valence-corrected chi connectivity index (χ2v) is 3.30. The van der Waals surface area contributed by atoms with Crippen molar-refractivity contribution in [3.63, 3.8) is 0 Å². The highest BCUT2D eigenvalue weighted by Crippen LogP contribution is 2.24. The Hall–Kier alpha value is -2.10. The summed E-state index contributed by atoms with van der Waals surface area (Å²) in [7, 11) is 1.51. The van der Waals surface area contributed by atoms with Crippen LogP contribution in [0.2, 0.25) is 0 Å². The molecular weight excluding hydrogens is 207 g/mol. The molecule has 0 saturated heterocycles. The van der Waals surface area contributed by atoms with E-state index in [1.165, 1.54) is 19.2 Å². The fraction of sp³-hybridized carbons (Fsp3) is 0.0833. The molecule has 0 radical (unpaired) electrons. The van der Waals surface area contributed by atoms with Gasteiger partial charge in [0.1, 0.15) is 5.82 Å². The molecule has 0 aliphatic carbocycles. The summed E-state index contributed by atoms with van der Waals surface area (Å²) in [4.78, 5) is 4.22. The molecule has 3 nitrogen and oxygen atoms in total. The van der Waals surface area contributed by atoms with Crippen molar-refractivity contribution in [1.82, 2.24) is 4.98 Å². The molecule has 4 heteroatoms. The third-order valence-corrected chi connectivity index (χ3v) is 2.22. The van der Waals surface area contributed by atoms with E-state index in [-0.39, 0.29) is 5.82 Å². The third kappa shape index (κ3) is 1.95. The summed E-state index contributed by atoms with van der Waals surface area (Å²) in [5, 5.41) is 0. The SMILES string of the molecule is COc1nc(-c2ccc(F)cc2)ccc1N. The van der Waals surface area contributed by atoms with Crippen LogP contribution < -0.4 is 10.5 Å². The number of ether oxygens (including phenoxy) is 1. The number of aromatic nitrogens is 1. The lowest BCUT2D eigenvalue weighted by Crippen LogP contribution is -1.96. The Bertz CT molecular complexity index is 497. The first-order chi connectivity index (χ1) is 7.70. The monoisotopic (exact) mass is 218 g/mol. The molecule has 0 bridgehead atoms. The van der Waals surface area contributed by atoms with Gasteiger partial charge in [-0.1, -0.05) is 0 Å². The van der Waals surface area contributed by atoms with Crippen LogP contribution in [0, 0.1) is 5.82 Å². The van der Waals surface area contributed by atoms with Crippen molar-refractivity contribution in [2.24, 2.45) is 0 Å². The van der Waals surface area contributed by atoms with Crippen LogP contribution >= 0.6 is 0 Å². The lowest BCUT2D eigenvalue weighted by Gasteiger charge is -2.06. The molecule has 1 heterocycles. The molecular formula is C12H11FN2O. The number of hydrogen-bond donors (Lipinski definition) is 1. The van der Waals surface area contributed by atoms with Crippen molar-refractivity contribution < 1.29 is 9.13 Å². The number of halogens is 1. The summed E-state index contributed by atoms with van der Waals surface area (Å²) < 4.78 is 17.8. The minimum atomic E-state index is -0.272. The number of hydrogen-bond acceptors (Lipinski definition) is 3. The predicted molar refractivity (Wildman–Crippen MR) is 60.6 cm³/mol. The molecule has 1 aromatic carbocycles. The molecule has 2 aromatic rings. The number of anilines is 1. The van der Waals surface area contributed by atoms with Crippen LogP contribution in [0.4, 0.5) is 10.1 Å². The minimum Gasteiger partial charge on any atom is -0.480 e. The molecule has 0 saturated carbocycles. The largest absolute Gasteiger partial charge is 0.480 e. The summed E-state index contributed by atoms with van der Waals surface area (Å²) in [5.41, 5.74) is 7.65. The van der Waals surface area contributed by atoms with Gasteiger partial charge in [-0.25, -0.2) is 9.37 Å². The maximum Gasteiger partial charge on any atom is 0.237 e. The predicted octanol–water partition coefficient (Wildman–Crippen LogP) is 2.48. The van der Waals surface area contributed by atoms with Gasteiger partial charge in [0, 0.05) is 5.56 Å². The highest BCUT2D eigenvalue weighted by Gasteiger charge is 2.04. The van der Waals surface area contributed by atoms with E-state index in [0.717, 1.165) is 5.56 Å². The summed E-state index contributed by atoms with van der Waals surface area (Å²) in [6, 6.07) is 9.58. The molecule has 1 aromatic heterocycles. The van der Waals surface area contributed by atoms with Crippen molar-refractivity contribution in [3.8, 4) is 17.1 Å². The van der Waals surface area contributed by atoms with Gasteiger partial charge in [0.25, 0.3) is 0 Å². The van der Waals surface area contributed by atoms with Gasteiger partial charge < -0.3 is 10.5 Å². The fourth-order valence-corrected chi connectivity index (χ4v) is 1.40. The zero-order valence-electron chi connectivity index (χ0n) is 8.77. The van der Waals surface area contributed by atoms with Crippen LogP contribution in [-0.4, -0.2) is 12.1 Å². The number of pyridine rings is 1. The Morgan fingerprint density at radius 3 is 2.44 bits per heavy atom. The first-order valence-corrected chi connectivity index (χ1v) is 4.77. The van der Waals surface area contributed by atoms with Gasteiger partial charge >= 0.3 is 0 Å². The van der Waals surface area contributed by atoms with E-state index in [0.29, 0.717) is 17.3 Å². The van der Waals surface area contributed by atoms with E-state index in [1.807, 2.05) is 0 Å². The normalized spacial score (nSPS) is 10.1. The average Bonchev–Trinajstić information content (AvgIpc) is 2.31. The molecule has 0 unspecified atom stereocenters. The maximum absolute atomic E-state index is 12.7. The van der Waals surface area contributed by atoms with E-state index < -0.39 is 0 Å². The molecule has 0 aliphatic heterocycles. The van der Waals surface area contributed by atoms with Gasteiger partial charge in [0.15, 0.2) is 0 Å². The van der Waals surface area contributed by atoms with Gasteiger partial charge in [-0.05, 0) is 36.4 Å². The Morgan fingerprint density at radius 2 is 1.81 bits per heavy atom. The minimum absolute atomic E-state index is 0.272. The third-order valence-electron chi connectivity index (χ3n) is 2.22. The van der Waals surface area contributed by atoms with Gasteiger partial charge in [0.05, 0.1) is 18.5 Å². The molecule has 0 aliphatic rings. The first-order valence-electron chi connectivity index (χ1n) is 4.77. The van der Waals surface area contributed by atoms with Crippen molar-refractivity contribution in [1.29, 1.82) is 0 Å². The molecule has 2 N–H and O–H groups in total. The highest BCUT2D eigenvalue weighted by atomic mass is 19.1. The molecule has 0 amide bonds. The average molecular weight is 218 g/mol. The van der Waals surface area contributed by atoms with E-state index >= 15 is 0 Å². The number of methoxy groups -OCH3 is 1. The van der Waals surface area contributed by atoms with Crippen LogP contribution in [0.25, 0.3) is 11.3 Å². The van der Waals surface area contributed by atoms with E-state index in [2.05, 4.69) is 4.98 Å². The van der Waals surface area contributed by atoms with E-state index in [9.17, 15) is 4.39 Å². The molecule has 2 rings (SSSR count). The van der Waals surface area contributed by atoms with E-state index in [1.54, 1.807) is 24.3 Å². The first kappa shape index (κ1) is 10.4. The van der Waals surface area contributed by atoms with Crippen LogP contribution in [0.3, 0.4) is 0 Å². The van der Waals surface area contributed by atoms with Crippen LogP contribution in [0.15, 0.2) is 36.4 Å². The Kier molecular flexibility index (Phi) is 2.72. The highest BCUT2D eigenvalue weighted by molar-refractivity contribution is 5.63. The Labute approximate surface area is 92.7 Å². The topological polar surface area (TPSA) is 48.1 Å². The summed E-state index contributed by atoms with van der Waals surface area (Å²) in [6.45, 7) is 0. The lowest BCUT2D eigenvalue weighted by molar-refractivity contribution is 0.401. The molecule has 82 valence electrons. The molecule has 0 spiro atoms. The number of rotatable bonds is 2. The summed E-state index contributed by atoms with van der Waals surface area (Å²) in [5.74, 6) is 0.105. The molecule has 0 atom stereocenters. The number of nitrogen functional groups attached to an aromatic ring is 1. The van der Waals surface area contributed by atoms with Crippen LogP contribution in [-0.2, 0) is 0 Å².